The van der Waals surface area contributed by atoms with Crippen LogP contribution < -0.4 is 0 Å². The van der Waals surface area contributed by atoms with Crippen molar-refractivity contribution in [3.05, 3.63) is 71.7 Å². The summed E-state index contributed by atoms with van der Waals surface area (Å²) in [7, 11) is 0. The van der Waals surface area contributed by atoms with Crippen molar-refractivity contribution in [3.8, 4) is 11.5 Å². The van der Waals surface area contributed by atoms with E-state index in [1.54, 1.807) is 25.1 Å². The van der Waals surface area contributed by atoms with Crippen molar-refractivity contribution in [1.82, 2.24) is 15.2 Å². The van der Waals surface area contributed by atoms with Crippen molar-refractivity contribution < 1.29 is 13.9 Å². The summed E-state index contributed by atoms with van der Waals surface area (Å²) in [5.41, 5.74) is 3.09. The van der Waals surface area contributed by atoms with Gasteiger partial charge in [0.2, 0.25) is 11.8 Å². The summed E-state index contributed by atoms with van der Waals surface area (Å²) in [5.74, 6) is 0.456. The van der Waals surface area contributed by atoms with Crippen molar-refractivity contribution >= 4 is 16.9 Å². The lowest BCUT2D eigenvalue weighted by Crippen LogP contribution is -2.05. The van der Waals surface area contributed by atoms with Crippen molar-refractivity contribution in [2.24, 2.45) is 0 Å². The number of hydrogen-bond acceptors (Lipinski definition) is 5. The third-order valence-corrected chi connectivity index (χ3v) is 3.92. The van der Waals surface area contributed by atoms with E-state index < -0.39 is 5.97 Å². The first-order chi connectivity index (χ1) is 12.2. The number of nitrogens with one attached hydrogen (secondary N) is 1. The molecule has 0 spiro atoms. The van der Waals surface area contributed by atoms with E-state index in [1.807, 2.05) is 36.5 Å². The van der Waals surface area contributed by atoms with Crippen LogP contribution in [0.2, 0.25) is 0 Å². The molecular weight excluding hydrogens is 318 g/mol. The molecule has 25 heavy (non-hydrogen) atoms. The Labute approximate surface area is 143 Å². The lowest BCUT2D eigenvalue weighted by molar-refractivity contribution is 0.0474. The average Bonchev–Trinajstić information content (AvgIpc) is 3.28. The minimum atomic E-state index is -0.398. The van der Waals surface area contributed by atoms with E-state index in [2.05, 4.69) is 15.2 Å². The summed E-state index contributed by atoms with van der Waals surface area (Å²) in [6, 6.07) is 14.8. The molecule has 1 N–H and O–H groups in total. The average molecular weight is 333 g/mol. The Morgan fingerprint density at radius 2 is 2.04 bits per heavy atom. The molecule has 6 heteroatoms. The van der Waals surface area contributed by atoms with Crippen LogP contribution in [0, 0.1) is 6.92 Å². The number of carbonyl (C=O) groups is 1. The highest BCUT2D eigenvalue weighted by Gasteiger charge is 2.12. The fraction of sp³-hybridized carbons (Fsp3) is 0.105. The molecule has 4 aromatic rings. The summed E-state index contributed by atoms with van der Waals surface area (Å²) in [6.07, 6.45) is 1.87. The summed E-state index contributed by atoms with van der Waals surface area (Å²) in [6.45, 7) is 1.92. The van der Waals surface area contributed by atoms with Gasteiger partial charge in [0.25, 0.3) is 0 Å². The monoisotopic (exact) mass is 333 g/mol. The first-order valence-electron chi connectivity index (χ1n) is 7.83. The van der Waals surface area contributed by atoms with Crippen LogP contribution in [0.3, 0.4) is 0 Å². The lowest BCUT2D eigenvalue weighted by Gasteiger charge is -2.07. The molecule has 0 fully saturated rings. The molecule has 0 radical (unpaired) electrons. The van der Waals surface area contributed by atoms with Crippen molar-refractivity contribution in [2.75, 3.05) is 0 Å². The zero-order valence-electron chi connectivity index (χ0n) is 13.5. The molecule has 0 aliphatic rings. The van der Waals surface area contributed by atoms with Gasteiger partial charge in [-0.3, -0.25) is 0 Å². The van der Waals surface area contributed by atoms with Crippen LogP contribution in [-0.2, 0) is 11.3 Å². The van der Waals surface area contributed by atoms with Gasteiger partial charge in [-0.15, -0.1) is 10.2 Å². The largest absolute Gasteiger partial charge is 0.457 e. The highest BCUT2D eigenvalue weighted by atomic mass is 16.5. The molecule has 0 saturated carbocycles. The Hall–Kier alpha value is -3.41. The SMILES string of the molecule is Cc1nnc(-c2cccc(C(=O)OCc3cccc4[nH]ccc34)c2)o1. The molecule has 2 aromatic carbocycles. The van der Waals surface area contributed by atoms with Gasteiger partial charge in [-0.1, -0.05) is 18.2 Å². The first-order valence-corrected chi connectivity index (χ1v) is 7.83. The van der Waals surface area contributed by atoms with Gasteiger partial charge in [-0.25, -0.2) is 4.79 Å². The van der Waals surface area contributed by atoms with Gasteiger partial charge in [0.05, 0.1) is 5.56 Å². The Morgan fingerprint density at radius 3 is 2.88 bits per heavy atom. The number of aromatic nitrogens is 3. The van der Waals surface area contributed by atoms with Gasteiger partial charge in [0.1, 0.15) is 6.61 Å². The number of esters is 1. The van der Waals surface area contributed by atoms with Crippen LogP contribution >= 0.6 is 0 Å². The van der Waals surface area contributed by atoms with E-state index in [0.717, 1.165) is 16.5 Å². The zero-order chi connectivity index (χ0) is 17.2. The second kappa shape index (κ2) is 6.24. The van der Waals surface area contributed by atoms with E-state index >= 15 is 0 Å². The summed E-state index contributed by atoms with van der Waals surface area (Å²) in [5, 5.41) is 8.81. The number of benzene rings is 2. The maximum atomic E-state index is 12.4. The van der Waals surface area contributed by atoms with Gasteiger partial charge in [0.15, 0.2) is 0 Å². The van der Waals surface area contributed by atoms with Crippen LogP contribution in [0.5, 0.6) is 0 Å². The molecule has 0 aliphatic heterocycles. The van der Waals surface area contributed by atoms with Crippen LogP contribution in [0.25, 0.3) is 22.4 Å². The fourth-order valence-corrected chi connectivity index (χ4v) is 2.70. The Kier molecular flexibility index (Phi) is 3.78. The topological polar surface area (TPSA) is 81.0 Å². The number of nitrogens with zero attached hydrogens (tertiary/aromatic N) is 2. The number of carbonyl (C=O) groups excluding carboxylic acids is 1. The van der Waals surface area contributed by atoms with Gasteiger partial charge in [0, 0.05) is 29.6 Å². The summed E-state index contributed by atoms with van der Waals surface area (Å²) < 4.78 is 10.9. The Balaban J connectivity index is 1.52. The maximum Gasteiger partial charge on any atom is 0.338 e. The van der Waals surface area contributed by atoms with Crippen LogP contribution in [-0.4, -0.2) is 21.2 Å². The number of hydrogen-bond donors (Lipinski definition) is 1. The van der Waals surface area contributed by atoms with Crippen molar-refractivity contribution in [3.63, 3.8) is 0 Å². The van der Waals surface area contributed by atoms with Gasteiger partial charge < -0.3 is 14.1 Å². The minimum absolute atomic E-state index is 0.206. The molecule has 2 heterocycles. The quantitative estimate of drug-likeness (QED) is 0.573. The fourth-order valence-electron chi connectivity index (χ4n) is 2.70. The smallest absolute Gasteiger partial charge is 0.338 e. The van der Waals surface area contributed by atoms with Crippen LogP contribution in [0.15, 0.2) is 59.1 Å². The van der Waals surface area contributed by atoms with Crippen molar-refractivity contribution in [1.29, 1.82) is 0 Å². The predicted molar refractivity (Wildman–Crippen MR) is 91.9 cm³/mol. The van der Waals surface area contributed by atoms with E-state index in [9.17, 15) is 4.79 Å². The zero-order valence-corrected chi connectivity index (χ0v) is 13.5. The molecule has 0 saturated heterocycles. The predicted octanol–water partition coefficient (Wildman–Crippen LogP) is 3.88. The third-order valence-electron chi connectivity index (χ3n) is 3.92. The molecule has 0 aliphatic carbocycles. The number of aromatic amines is 1. The number of ether oxygens (including phenoxy) is 1. The summed E-state index contributed by atoms with van der Waals surface area (Å²) in [4.78, 5) is 15.5. The molecule has 2 aromatic heterocycles. The molecule has 0 bridgehead atoms. The first kappa shape index (κ1) is 15.1. The molecule has 0 unspecified atom stereocenters. The molecule has 0 atom stereocenters. The Morgan fingerprint density at radius 1 is 1.16 bits per heavy atom. The minimum Gasteiger partial charge on any atom is -0.457 e. The van der Waals surface area contributed by atoms with E-state index in [1.165, 1.54) is 0 Å². The van der Waals surface area contributed by atoms with Gasteiger partial charge in [-0.05, 0) is 35.9 Å². The summed E-state index contributed by atoms with van der Waals surface area (Å²) >= 11 is 0. The van der Waals surface area contributed by atoms with E-state index in [-0.39, 0.29) is 6.61 Å². The van der Waals surface area contributed by atoms with E-state index in [0.29, 0.717) is 22.9 Å². The second-order valence-corrected chi connectivity index (χ2v) is 5.64. The number of fused-ring (bicyclic) bond motifs is 1. The lowest BCUT2D eigenvalue weighted by atomic mass is 10.1. The maximum absolute atomic E-state index is 12.4. The molecule has 124 valence electrons. The van der Waals surface area contributed by atoms with Crippen LogP contribution in [0.4, 0.5) is 0 Å². The molecule has 6 nitrogen and oxygen atoms in total. The van der Waals surface area contributed by atoms with Crippen LogP contribution in [0.1, 0.15) is 21.8 Å². The van der Waals surface area contributed by atoms with Crippen molar-refractivity contribution in [2.45, 2.75) is 13.5 Å². The molecule has 4 rings (SSSR count). The number of rotatable bonds is 4. The van der Waals surface area contributed by atoms with Gasteiger partial charge in [-0.2, -0.15) is 0 Å². The molecular formula is C19H15N3O3. The Bertz CT molecular complexity index is 1050. The normalized spacial score (nSPS) is 10.9. The third kappa shape index (κ3) is 3.01. The van der Waals surface area contributed by atoms with E-state index in [4.69, 9.17) is 9.15 Å². The molecule has 0 amide bonds. The second-order valence-electron chi connectivity index (χ2n) is 5.64. The standard InChI is InChI=1S/C19H15N3O3/c1-12-21-22-18(25-12)13-4-2-5-14(10-13)19(23)24-11-15-6-3-7-17-16(15)8-9-20-17/h2-10,20H,11H2,1H3. The highest BCUT2D eigenvalue weighted by molar-refractivity contribution is 5.91. The number of aryl methyl sites for hydroxylation is 1. The van der Waals surface area contributed by atoms with Gasteiger partial charge >= 0.3 is 5.97 Å². The highest BCUT2D eigenvalue weighted by Crippen LogP contribution is 2.21. The number of H-pyrrole nitrogens is 1.